The molecule has 1 aliphatic rings. The van der Waals surface area contributed by atoms with E-state index in [1.807, 2.05) is 6.08 Å². The third-order valence-corrected chi connectivity index (χ3v) is 3.31. The zero-order chi connectivity index (χ0) is 12.8. The van der Waals surface area contributed by atoms with Crippen LogP contribution in [0.4, 0.5) is 5.69 Å². The lowest BCUT2D eigenvalue weighted by Crippen LogP contribution is -2.19. The molecular formula is C15H22N2O. The van der Waals surface area contributed by atoms with E-state index in [2.05, 4.69) is 35.0 Å². The summed E-state index contributed by atoms with van der Waals surface area (Å²) in [6.07, 6.45) is 4.44. The molecule has 1 aromatic carbocycles. The Morgan fingerprint density at radius 3 is 2.83 bits per heavy atom. The van der Waals surface area contributed by atoms with E-state index in [1.165, 1.54) is 24.1 Å². The fraction of sp³-hybridized carbons (Fsp3) is 0.467. The van der Waals surface area contributed by atoms with E-state index in [4.69, 9.17) is 4.74 Å². The summed E-state index contributed by atoms with van der Waals surface area (Å²) in [5.74, 6) is 0.981. The molecule has 0 spiro atoms. The van der Waals surface area contributed by atoms with Crippen LogP contribution in [0.25, 0.3) is 0 Å². The molecule has 18 heavy (non-hydrogen) atoms. The minimum absolute atomic E-state index is 0.830. The standard InChI is InChI=1S/C15H22N2O/c1-3-8-16-12-13-6-7-14(15(11-13)18-2)17-9-4-5-10-17/h3,6-7,11,16H,1,4-5,8-10,12H2,2H3. The zero-order valence-electron chi connectivity index (χ0n) is 11.1. The smallest absolute Gasteiger partial charge is 0.142 e. The van der Waals surface area contributed by atoms with E-state index in [0.717, 1.165) is 31.9 Å². The van der Waals surface area contributed by atoms with Gasteiger partial charge in [0.2, 0.25) is 0 Å². The van der Waals surface area contributed by atoms with Crippen LogP contribution in [-0.2, 0) is 6.54 Å². The van der Waals surface area contributed by atoms with Crippen LogP contribution < -0.4 is 15.0 Å². The number of rotatable bonds is 6. The quantitative estimate of drug-likeness (QED) is 0.617. The largest absolute Gasteiger partial charge is 0.495 e. The van der Waals surface area contributed by atoms with Gasteiger partial charge in [-0.15, -0.1) is 6.58 Å². The van der Waals surface area contributed by atoms with Gasteiger partial charge in [0.05, 0.1) is 12.8 Å². The topological polar surface area (TPSA) is 24.5 Å². The molecule has 0 radical (unpaired) electrons. The van der Waals surface area contributed by atoms with Crippen molar-refractivity contribution in [1.29, 1.82) is 0 Å². The molecule has 1 fully saturated rings. The van der Waals surface area contributed by atoms with Crippen LogP contribution in [0, 0.1) is 0 Å². The van der Waals surface area contributed by atoms with Crippen molar-refractivity contribution < 1.29 is 4.74 Å². The first-order chi connectivity index (χ1) is 8.85. The van der Waals surface area contributed by atoms with Gasteiger partial charge in [-0.25, -0.2) is 0 Å². The Morgan fingerprint density at radius 2 is 2.17 bits per heavy atom. The number of nitrogens with zero attached hydrogens (tertiary/aromatic N) is 1. The lowest BCUT2D eigenvalue weighted by Gasteiger charge is -2.21. The number of benzene rings is 1. The minimum atomic E-state index is 0.830. The van der Waals surface area contributed by atoms with Gasteiger partial charge in [0, 0.05) is 26.2 Å². The molecule has 3 nitrogen and oxygen atoms in total. The van der Waals surface area contributed by atoms with E-state index in [0.29, 0.717) is 0 Å². The molecular weight excluding hydrogens is 224 g/mol. The summed E-state index contributed by atoms with van der Waals surface area (Å²) >= 11 is 0. The summed E-state index contributed by atoms with van der Waals surface area (Å²) in [5.41, 5.74) is 2.47. The van der Waals surface area contributed by atoms with Crippen molar-refractivity contribution in [3.63, 3.8) is 0 Å². The normalized spacial score (nSPS) is 14.8. The minimum Gasteiger partial charge on any atom is -0.495 e. The Labute approximate surface area is 109 Å². The van der Waals surface area contributed by atoms with Crippen molar-refractivity contribution in [3.05, 3.63) is 36.4 Å². The molecule has 0 amide bonds. The van der Waals surface area contributed by atoms with Crippen LogP contribution in [0.2, 0.25) is 0 Å². The Morgan fingerprint density at radius 1 is 1.39 bits per heavy atom. The third kappa shape index (κ3) is 3.05. The molecule has 98 valence electrons. The Balaban J connectivity index is 2.09. The Bertz CT molecular complexity index is 397. The van der Waals surface area contributed by atoms with Crippen molar-refractivity contribution in [2.75, 3.05) is 31.6 Å². The second kappa shape index (κ2) is 6.45. The summed E-state index contributed by atoms with van der Waals surface area (Å²) < 4.78 is 5.52. The molecule has 0 unspecified atom stereocenters. The highest BCUT2D eigenvalue weighted by Gasteiger charge is 2.16. The molecule has 1 heterocycles. The fourth-order valence-electron chi connectivity index (χ4n) is 2.37. The molecule has 1 aromatic rings. The molecule has 0 atom stereocenters. The summed E-state index contributed by atoms with van der Waals surface area (Å²) in [7, 11) is 1.75. The van der Waals surface area contributed by atoms with E-state index in [9.17, 15) is 0 Å². The fourth-order valence-corrected chi connectivity index (χ4v) is 2.37. The molecule has 1 saturated heterocycles. The molecule has 0 saturated carbocycles. The summed E-state index contributed by atoms with van der Waals surface area (Å²) in [6, 6.07) is 6.48. The van der Waals surface area contributed by atoms with Crippen LogP contribution in [-0.4, -0.2) is 26.7 Å². The average molecular weight is 246 g/mol. The number of methoxy groups -OCH3 is 1. The highest BCUT2D eigenvalue weighted by atomic mass is 16.5. The van der Waals surface area contributed by atoms with Crippen LogP contribution >= 0.6 is 0 Å². The zero-order valence-corrected chi connectivity index (χ0v) is 11.1. The van der Waals surface area contributed by atoms with E-state index >= 15 is 0 Å². The second-order valence-electron chi connectivity index (χ2n) is 4.62. The van der Waals surface area contributed by atoms with E-state index in [1.54, 1.807) is 7.11 Å². The van der Waals surface area contributed by atoms with Crippen molar-refractivity contribution >= 4 is 5.69 Å². The first-order valence-electron chi connectivity index (χ1n) is 6.58. The lowest BCUT2D eigenvalue weighted by molar-refractivity contribution is 0.414. The molecule has 3 heteroatoms. The highest BCUT2D eigenvalue weighted by Crippen LogP contribution is 2.31. The molecule has 2 rings (SSSR count). The predicted molar refractivity (Wildman–Crippen MR) is 76.3 cm³/mol. The van der Waals surface area contributed by atoms with Gasteiger partial charge in [0.25, 0.3) is 0 Å². The van der Waals surface area contributed by atoms with Crippen LogP contribution in [0.3, 0.4) is 0 Å². The van der Waals surface area contributed by atoms with Crippen molar-refractivity contribution in [2.45, 2.75) is 19.4 Å². The van der Waals surface area contributed by atoms with Crippen molar-refractivity contribution in [2.24, 2.45) is 0 Å². The first kappa shape index (κ1) is 13.0. The van der Waals surface area contributed by atoms with Gasteiger partial charge < -0.3 is 15.0 Å². The summed E-state index contributed by atoms with van der Waals surface area (Å²) in [4.78, 5) is 2.40. The van der Waals surface area contributed by atoms with Crippen molar-refractivity contribution in [1.82, 2.24) is 5.32 Å². The van der Waals surface area contributed by atoms with Crippen molar-refractivity contribution in [3.8, 4) is 5.75 Å². The maximum absolute atomic E-state index is 5.52. The predicted octanol–water partition coefficient (Wildman–Crippen LogP) is 2.57. The molecule has 0 aliphatic carbocycles. The van der Waals surface area contributed by atoms with E-state index in [-0.39, 0.29) is 0 Å². The number of hydrogen-bond donors (Lipinski definition) is 1. The molecule has 0 bridgehead atoms. The number of ether oxygens (including phenoxy) is 1. The second-order valence-corrected chi connectivity index (χ2v) is 4.62. The Hall–Kier alpha value is -1.48. The average Bonchev–Trinajstić information content (AvgIpc) is 2.92. The van der Waals surface area contributed by atoms with Gasteiger partial charge >= 0.3 is 0 Å². The van der Waals surface area contributed by atoms with Gasteiger partial charge in [-0.3, -0.25) is 0 Å². The number of nitrogens with one attached hydrogen (secondary N) is 1. The van der Waals surface area contributed by atoms with Gasteiger partial charge in [-0.1, -0.05) is 12.1 Å². The van der Waals surface area contributed by atoms with Gasteiger partial charge in [-0.2, -0.15) is 0 Å². The SMILES string of the molecule is C=CCNCc1ccc(N2CCCC2)c(OC)c1. The third-order valence-electron chi connectivity index (χ3n) is 3.31. The lowest BCUT2D eigenvalue weighted by atomic mass is 10.1. The highest BCUT2D eigenvalue weighted by molar-refractivity contribution is 5.60. The van der Waals surface area contributed by atoms with Gasteiger partial charge in [0.15, 0.2) is 0 Å². The Kier molecular flexibility index (Phi) is 4.65. The summed E-state index contributed by atoms with van der Waals surface area (Å²) in [5, 5.41) is 3.30. The monoisotopic (exact) mass is 246 g/mol. The van der Waals surface area contributed by atoms with Gasteiger partial charge in [0.1, 0.15) is 5.75 Å². The molecule has 0 aromatic heterocycles. The maximum atomic E-state index is 5.52. The van der Waals surface area contributed by atoms with Crippen LogP contribution in [0.5, 0.6) is 5.75 Å². The molecule has 1 N–H and O–H groups in total. The van der Waals surface area contributed by atoms with Crippen LogP contribution in [0.1, 0.15) is 18.4 Å². The number of anilines is 1. The maximum Gasteiger partial charge on any atom is 0.142 e. The summed E-state index contributed by atoms with van der Waals surface area (Å²) in [6.45, 7) is 7.66. The van der Waals surface area contributed by atoms with Gasteiger partial charge in [-0.05, 0) is 30.5 Å². The number of hydrogen-bond acceptors (Lipinski definition) is 3. The first-order valence-corrected chi connectivity index (χ1v) is 6.58. The van der Waals surface area contributed by atoms with E-state index < -0.39 is 0 Å². The molecule has 1 aliphatic heterocycles. The van der Waals surface area contributed by atoms with Crippen LogP contribution in [0.15, 0.2) is 30.9 Å².